The van der Waals surface area contributed by atoms with E-state index in [2.05, 4.69) is 43.0 Å². The average molecular weight is 362 g/mol. The van der Waals surface area contributed by atoms with Crippen LogP contribution in [0.25, 0.3) is 22.4 Å². The van der Waals surface area contributed by atoms with Gasteiger partial charge < -0.3 is 4.42 Å². The van der Waals surface area contributed by atoms with Gasteiger partial charge in [-0.1, -0.05) is 24.3 Å². The van der Waals surface area contributed by atoms with E-state index in [1.165, 1.54) is 5.56 Å². The summed E-state index contributed by atoms with van der Waals surface area (Å²) in [5.41, 5.74) is 2.10. The van der Waals surface area contributed by atoms with Crippen molar-refractivity contribution in [3.8, 4) is 11.6 Å². The van der Waals surface area contributed by atoms with Crippen LogP contribution in [0.4, 0.5) is 0 Å². The Morgan fingerprint density at radius 1 is 1.15 bits per heavy atom. The molecule has 5 nitrogen and oxygen atoms in total. The number of likely N-dealkylation sites (tertiary alicyclic amines) is 1. The van der Waals surface area contributed by atoms with Crippen molar-refractivity contribution < 1.29 is 4.42 Å². The molecule has 1 aliphatic rings. The number of hydrogen-bond donors (Lipinski definition) is 0. The van der Waals surface area contributed by atoms with E-state index < -0.39 is 0 Å². The summed E-state index contributed by atoms with van der Waals surface area (Å²) in [6.07, 6.45) is 3.99. The van der Waals surface area contributed by atoms with Crippen molar-refractivity contribution in [2.75, 3.05) is 6.54 Å². The molecule has 6 heteroatoms. The molecule has 0 saturated carbocycles. The molecule has 0 aliphatic carbocycles. The number of hydrogen-bond acceptors (Lipinski definition) is 6. The monoisotopic (exact) mass is 362 g/mol. The van der Waals surface area contributed by atoms with Crippen LogP contribution in [-0.2, 0) is 6.54 Å². The molecular formula is C20H18N4OS. The summed E-state index contributed by atoms with van der Waals surface area (Å²) in [4.78, 5) is 6.91. The van der Waals surface area contributed by atoms with E-state index in [1.54, 1.807) is 17.5 Å². The first-order valence-corrected chi connectivity index (χ1v) is 9.75. The minimum absolute atomic E-state index is 0.186. The van der Waals surface area contributed by atoms with Crippen LogP contribution in [0.15, 0.2) is 57.8 Å². The molecule has 0 bridgehead atoms. The van der Waals surface area contributed by atoms with Gasteiger partial charge in [0.15, 0.2) is 0 Å². The van der Waals surface area contributed by atoms with Gasteiger partial charge in [-0.2, -0.15) is 11.3 Å². The minimum atomic E-state index is 0.186. The Morgan fingerprint density at radius 3 is 3.04 bits per heavy atom. The number of rotatable bonds is 4. The number of thiophene rings is 1. The van der Waals surface area contributed by atoms with Crippen molar-refractivity contribution >= 4 is 22.1 Å². The molecule has 0 spiro atoms. The molecule has 1 atom stereocenters. The van der Waals surface area contributed by atoms with Crippen LogP contribution in [-0.4, -0.2) is 26.6 Å². The first-order chi connectivity index (χ1) is 12.9. The predicted molar refractivity (Wildman–Crippen MR) is 102 cm³/mol. The Morgan fingerprint density at radius 2 is 2.12 bits per heavy atom. The number of nitrogens with zero attached hydrogens (tertiary/aromatic N) is 4. The second-order valence-corrected chi connectivity index (χ2v) is 7.37. The molecule has 1 saturated heterocycles. The van der Waals surface area contributed by atoms with Crippen molar-refractivity contribution in [2.45, 2.75) is 25.4 Å². The van der Waals surface area contributed by atoms with E-state index >= 15 is 0 Å². The van der Waals surface area contributed by atoms with E-state index in [9.17, 15) is 0 Å². The molecule has 3 aromatic heterocycles. The van der Waals surface area contributed by atoms with Crippen molar-refractivity contribution in [1.29, 1.82) is 0 Å². The van der Waals surface area contributed by atoms with Gasteiger partial charge in [-0.3, -0.25) is 9.88 Å². The van der Waals surface area contributed by atoms with Crippen LogP contribution in [0.1, 0.15) is 30.3 Å². The highest BCUT2D eigenvalue weighted by atomic mass is 32.1. The van der Waals surface area contributed by atoms with Gasteiger partial charge in [0, 0.05) is 18.1 Å². The molecule has 26 heavy (non-hydrogen) atoms. The summed E-state index contributed by atoms with van der Waals surface area (Å²) in [7, 11) is 0. The van der Waals surface area contributed by atoms with Gasteiger partial charge >= 0.3 is 0 Å². The zero-order valence-electron chi connectivity index (χ0n) is 14.2. The first-order valence-electron chi connectivity index (χ1n) is 8.81. The average Bonchev–Trinajstić information content (AvgIpc) is 3.43. The topological polar surface area (TPSA) is 55.1 Å². The summed E-state index contributed by atoms with van der Waals surface area (Å²) < 4.78 is 6.09. The first kappa shape index (κ1) is 15.7. The largest absolute Gasteiger partial charge is 0.418 e. The Bertz CT molecular complexity index is 1020. The Balaban J connectivity index is 1.46. The maximum absolute atomic E-state index is 6.09. The lowest BCUT2D eigenvalue weighted by molar-refractivity contribution is 0.216. The SMILES string of the molecule is c1ccc2c(-c3nnc([C@H]4CCCN4Cc4ccsc4)o3)nccc2c1. The van der Waals surface area contributed by atoms with Crippen LogP contribution < -0.4 is 0 Å². The van der Waals surface area contributed by atoms with E-state index in [0.717, 1.165) is 42.4 Å². The van der Waals surface area contributed by atoms with E-state index in [0.29, 0.717) is 11.8 Å². The number of aromatic nitrogens is 3. The van der Waals surface area contributed by atoms with E-state index in [-0.39, 0.29) is 6.04 Å². The lowest BCUT2D eigenvalue weighted by atomic mass is 10.1. The molecule has 5 rings (SSSR count). The van der Waals surface area contributed by atoms with Gasteiger partial charge in [-0.05, 0) is 53.2 Å². The lowest BCUT2D eigenvalue weighted by Gasteiger charge is -2.20. The zero-order valence-corrected chi connectivity index (χ0v) is 15.0. The molecule has 0 amide bonds. The minimum Gasteiger partial charge on any atom is -0.418 e. The van der Waals surface area contributed by atoms with Crippen molar-refractivity contribution in [3.05, 3.63) is 64.8 Å². The normalized spacial score (nSPS) is 17.9. The van der Waals surface area contributed by atoms with Crippen molar-refractivity contribution in [3.63, 3.8) is 0 Å². The second-order valence-electron chi connectivity index (χ2n) is 6.59. The fourth-order valence-corrected chi connectivity index (χ4v) is 4.33. The fourth-order valence-electron chi connectivity index (χ4n) is 3.67. The Kier molecular flexibility index (Phi) is 3.99. The van der Waals surface area contributed by atoms with E-state index in [4.69, 9.17) is 4.42 Å². The highest BCUT2D eigenvalue weighted by Crippen LogP contribution is 2.34. The molecular weight excluding hydrogens is 344 g/mol. The van der Waals surface area contributed by atoms with Gasteiger partial charge in [0.1, 0.15) is 5.69 Å². The number of benzene rings is 1. The van der Waals surface area contributed by atoms with Crippen LogP contribution in [0.2, 0.25) is 0 Å². The molecule has 0 N–H and O–H groups in total. The van der Waals surface area contributed by atoms with Gasteiger partial charge in [-0.15, -0.1) is 10.2 Å². The zero-order chi connectivity index (χ0) is 17.3. The van der Waals surface area contributed by atoms with Gasteiger partial charge in [0.25, 0.3) is 5.89 Å². The lowest BCUT2D eigenvalue weighted by Crippen LogP contribution is -2.22. The van der Waals surface area contributed by atoms with Crippen LogP contribution >= 0.6 is 11.3 Å². The third-order valence-electron chi connectivity index (χ3n) is 4.93. The van der Waals surface area contributed by atoms with Crippen LogP contribution in [0.5, 0.6) is 0 Å². The predicted octanol–water partition coefficient (Wildman–Crippen LogP) is 4.68. The molecule has 4 heterocycles. The molecule has 1 aromatic carbocycles. The van der Waals surface area contributed by atoms with Gasteiger partial charge in [0.2, 0.25) is 5.89 Å². The molecule has 0 unspecified atom stereocenters. The standard InChI is InChI=1S/C20H18N4OS/c1-2-5-16-15(4-1)7-9-21-18(16)20-23-22-19(25-20)17-6-3-10-24(17)12-14-8-11-26-13-14/h1-2,4-5,7-9,11,13,17H,3,6,10,12H2/t17-/m1/s1. The van der Waals surface area contributed by atoms with Gasteiger partial charge in [-0.25, -0.2) is 0 Å². The van der Waals surface area contributed by atoms with Gasteiger partial charge in [0.05, 0.1) is 6.04 Å². The van der Waals surface area contributed by atoms with Crippen molar-refractivity contribution in [2.24, 2.45) is 0 Å². The molecule has 1 aliphatic heterocycles. The molecule has 4 aromatic rings. The van der Waals surface area contributed by atoms with Crippen LogP contribution in [0, 0.1) is 0 Å². The van der Waals surface area contributed by atoms with Crippen molar-refractivity contribution in [1.82, 2.24) is 20.1 Å². The third-order valence-corrected chi connectivity index (χ3v) is 5.66. The molecule has 130 valence electrons. The Hall–Kier alpha value is -2.57. The number of pyridine rings is 1. The summed E-state index contributed by atoms with van der Waals surface area (Å²) in [6, 6.07) is 12.5. The van der Waals surface area contributed by atoms with Crippen LogP contribution in [0.3, 0.4) is 0 Å². The quantitative estimate of drug-likeness (QED) is 0.527. The fraction of sp³-hybridized carbons (Fsp3) is 0.250. The highest BCUT2D eigenvalue weighted by molar-refractivity contribution is 7.07. The summed E-state index contributed by atoms with van der Waals surface area (Å²) in [5.74, 6) is 1.20. The summed E-state index contributed by atoms with van der Waals surface area (Å²) in [5, 5.41) is 15.2. The molecule has 0 radical (unpaired) electrons. The van der Waals surface area contributed by atoms with E-state index in [1.807, 2.05) is 24.3 Å². The maximum atomic E-state index is 6.09. The summed E-state index contributed by atoms with van der Waals surface area (Å²) in [6.45, 7) is 1.99. The Labute approximate surface area is 155 Å². The maximum Gasteiger partial charge on any atom is 0.266 e. The number of fused-ring (bicyclic) bond motifs is 1. The molecule has 1 fully saturated rings. The second kappa shape index (κ2) is 6.63. The summed E-state index contributed by atoms with van der Waals surface area (Å²) >= 11 is 1.74. The smallest absolute Gasteiger partial charge is 0.266 e. The third kappa shape index (κ3) is 2.81. The highest BCUT2D eigenvalue weighted by Gasteiger charge is 2.31.